The molecule has 5 nitrogen and oxygen atoms in total. The van der Waals surface area contributed by atoms with E-state index >= 15 is 0 Å². The lowest BCUT2D eigenvalue weighted by atomic mass is 10.1. The molecule has 152 valence electrons. The Bertz CT molecular complexity index is 795. The second kappa shape index (κ2) is 10.2. The number of nitrogens with zero attached hydrogens (tertiary/aromatic N) is 5. The molecule has 0 aliphatic rings. The third-order valence-corrected chi connectivity index (χ3v) is 5.71. The van der Waals surface area contributed by atoms with E-state index in [0.717, 1.165) is 30.2 Å². The van der Waals surface area contributed by atoms with Gasteiger partial charge in [0.25, 0.3) is 0 Å². The average molecular weight is 390 g/mol. The average Bonchev–Trinajstić information content (AvgIpc) is 2.80. The number of hydrogen-bond donors (Lipinski definition) is 0. The lowest BCUT2D eigenvalue weighted by Gasteiger charge is -2.36. The zero-order valence-corrected chi connectivity index (χ0v) is 17.8. The lowest BCUT2D eigenvalue weighted by Crippen LogP contribution is -2.38. The van der Waals surface area contributed by atoms with E-state index in [9.17, 15) is 0 Å². The Hall–Kier alpha value is -2.63. The minimum absolute atomic E-state index is 0.187. The Balaban J connectivity index is 1.76. The normalized spacial score (nSPS) is 14.7. The van der Waals surface area contributed by atoms with Gasteiger partial charge in [-0.25, -0.2) is 0 Å². The fourth-order valence-electron chi connectivity index (χ4n) is 3.62. The van der Waals surface area contributed by atoms with Crippen LogP contribution >= 0.6 is 0 Å². The molecule has 0 spiro atoms. The van der Waals surface area contributed by atoms with Crippen molar-refractivity contribution in [2.45, 2.75) is 38.9 Å². The number of likely N-dealkylation sites (N-methyl/N-ethyl adjacent to an activating group) is 1. The van der Waals surface area contributed by atoms with Gasteiger partial charge in [0.1, 0.15) is 0 Å². The molecule has 3 rings (SSSR count). The summed E-state index contributed by atoms with van der Waals surface area (Å²) in [7, 11) is 2.16. The van der Waals surface area contributed by atoms with Gasteiger partial charge < -0.3 is 0 Å². The van der Waals surface area contributed by atoms with Crippen molar-refractivity contribution in [2.24, 2.45) is 0 Å². The predicted octanol–water partition coefficient (Wildman–Crippen LogP) is 4.69. The van der Waals surface area contributed by atoms with Gasteiger partial charge in [-0.15, -0.1) is 0 Å². The molecule has 3 heterocycles. The summed E-state index contributed by atoms with van der Waals surface area (Å²) in [6.45, 7) is 8.49. The molecule has 3 atom stereocenters. The van der Waals surface area contributed by atoms with Crippen molar-refractivity contribution in [3.05, 3.63) is 90.3 Å². The minimum atomic E-state index is 0.187. The second-order valence-electron chi connectivity index (χ2n) is 7.51. The van der Waals surface area contributed by atoms with E-state index in [4.69, 9.17) is 0 Å². The Morgan fingerprint density at radius 3 is 1.41 bits per heavy atom. The van der Waals surface area contributed by atoms with Gasteiger partial charge in [0.05, 0.1) is 17.1 Å². The molecule has 29 heavy (non-hydrogen) atoms. The highest BCUT2D eigenvalue weighted by atomic mass is 15.2. The summed E-state index contributed by atoms with van der Waals surface area (Å²) >= 11 is 0. The highest BCUT2D eigenvalue weighted by Gasteiger charge is 2.25. The summed E-state index contributed by atoms with van der Waals surface area (Å²) in [6.07, 6.45) is 5.59. The van der Waals surface area contributed by atoms with Crippen LogP contribution in [0.2, 0.25) is 0 Å². The van der Waals surface area contributed by atoms with E-state index < -0.39 is 0 Å². The first-order valence-corrected chi connectivity index (χ1v) is 10.3. The lowest BCUT2D eigenvalue weighted by molar-refractivity contribution is 0.119. The van der Waals surface area contributed by atoms with Crippen LogP contribution in [-0.2, 0) is 0 Å². The third kappa shape index (κ3) is 5.46. The van der Waals surface area contributed by atoms with E-state index in [1.807, 2.05) is 42.9 Å². The molecule has 3 aromatic heterocycles. The van der Waals surface area contributed by atoms with Gasteiger partial charge in [0.15, 0.2) is 0 Å². The molecule has 0 aromatic carbocycles. The fraction of sp³-hybridized carbons (Fsp3) is 0.375. The Morgan fingerprint density at radius 1 is 0.621 bits per heavy atom. The van der Waals surface area contributed by atoms with Crippen molar-refractivity contribution in [3.63, 3.8) is 0 Å². The Morgan fingerprint density at radius 2 is 1.03 bits per heavy atom. The first-order chi connectivity index (χ1) is 14.1. The van der Waals surface area contributed by atoms with Crippen LogP contribution in [0.5, 0.6) is 0 Å². The Kier molecular flexibility index (Phi) is 7.44. The van der Waals surface area contributed by atoms with Crippen molar-refractivity contribution >= 4 is 0 Å². The smallest absolute Gasteiger partial charge is 0.0572 e. The topological polar surface area (TPSA) is 45.2 Å². The van der Waals surface area contributed by atoms with Crippen molar-refractivity contribution in [2.75, 3.05) is 20.1 Å². The SMILES string of the molecule is CC(c1ccccn1)N(C)CCN(C(C)c1ccccn1)C(C)c1ccccn1. The molecule has 0 saturated carbocycles. The zero-order chi connectivity index (χ0) is 20.6. The van der Waals surface area contributed by atoms with Gasteiger partial charge in [-0.2, -0.15) is 0 Å². The van der Waals surface area contributed by atoms with E-state index in [1.54, 1.807) is 0 Å². The standard InChI is InChI=1S/C24H31N5/c1-19(22-11-5-8-14-25-22)28(4)17-18-29(20(2)23-12-6-9-15-26-23)21(3)24-13-7-10-16-27-24/h5-16,19-21H,17-18H2,1-4H3. The molecule has 0 bridgehead atoms. The number of hydrogen-bond acceptors (Lipinski definition) is 5. The highest BCUT2D eigenvalue weighted by molar-refractivity contribution is 5.13. The molecule has 0 N–H and O–H groups in total. The number of aromatic nitrogens is 3. The van der Waals surface area contributed by atoms with Crippen LogP contribution in [0, 0.1) is 0 Å². The molecule has 3 aromatic rings. The molecule has 3 unspecified atom stereocenters. The highest BCUT2D eigenvalue weighted by Crippen LogP contribution is 2.28. The van der Waals surface area contributed by atoms with Crippen LogP contribution in [0.15, 0.2) is 73.2 Å². The van der Waals surface area contributed by atoms with Crippen molar-refractivity contribution < 1.29 is 0 Å². The quantitative estimate of drug-likeness (QED) is 0.531. The van der Waals surface area contributed by atoms with E-state index in [0.29, 0.717) is 0 Å². The van der Waals surface area contributed by atoms with Gasteiger partial charge in [0, 0.05) is 49.8 Å². The largest absolute Gasteiger partial charge is 0.297 e. The van der Waals surface area contributed by atoms with Crippen LogP contribution in [-0.4, -0.2) is 44.9 Å². The van der Waals surface area contributed by atoms with Gasteiger partial charge in [-0.05, 0) is 64.2 Å². The van der Waals surface area contributed by atoms with Crippen LogP contribution in [0.25, 0.3) is 0 Å². The predicted molar refractivity (Wildman–Crippen MR) is 117 cm³/mol. The molecule has 0 amide bonds. The Labute approximate surface area is 174 Å². The molecule has 0 fully saturated rings. The van der Waals surface area contributed by atoms with Crippen LogP contribution in [0.4, 0.5) is 0 Å². The summed E-state index contributed by atoms with van der Waals surface area (Å²) in [5.74, 6) is 0. The summed E-state index contributed by atoms with van der Waals surface area (Å²) < 4.78 is 0. The molecule has 0 aliphatic heterocycles. The molecular weight excluding hydrogens is 358 g/mol. The van der Waals surface area contributed by atoms with E-state index in [2.05, 4.69) is 82.9 Å². The maximum atomic E-state index is 4.60. The van der Waals surface area contributed by atoms with Crippen molar-refractivity contribution in [1.29, 1.82) is 0 Å². The van der Waals surface area contributed by atoms with Gasteiger partial charge in [-0.3, -0.25) is 24.8 Å². The van der Waals surface area contributed by atoms with Gasteiger partial charge in [-0.1, -0.05) is 18.2 Å². The number of rotatable bonds is 9. The first kappa shape index (κ1) is 21.1. The summed E-state index contributed by atoms with van der Waals surface area (Å²) in [5, 5.41) is 0. The fourth-order valence-corrected chi connectivity index (χ4v) is 3.62. The molecule has 0 aliphatic carbocycles. The van der Waals surface area contributed by atoms with Gasteiger partial charge in [0.2, 0.25) is 0 Å². The summed E-state index contributed by atoms with van der Waals surface area (Å²) in [4.78, 5) is 18.5. The van der Waals surface area contributed by atoms with Crippen LogP contribution in [0.3, 0.4) is 0 Å². The molecule has 0 radical (unpaired) electrons. The second-order valence-corrected chi connectivity index (χ2v) is 7.51. The first-order valence-electron chi connectivity index (χ1n) is 10.3. The molecule has 5 heteroatoms. The van der Waals surface area contributed by atoms with E-state index in [-0.39, 0.29) is 18.1 Å². The van der Waals surface area contributed by atoms with Crippen LogP contribution in [0.1, 0.15) is 56.0 Å². The van der Waals surface area contributed by atoms with Gasteiger partial charge >= 0.3 is 0 Å². The molecule has 0 saturated heterocycles. The summed E-state index contributed by atoms with van der Waals surface area (Å²) in [5.41, 5.74) is 3.25. The minimum Gasteiger partial charge on any atom is -0.297 e. The third-order valence-electron chi connectivity index (χ3n) is 5.71. The molecular formula is C24H31N5. The maximum Gasteiger partial charge on any atom is 0.0572 e. The van der Waals surface area contributed by atoms with E-state index in [1.165, 1.54) is 0 Å². The number of pyridine rings is 3. The summed E-state index contributed by atoms with van der Waals surface area (Å²) in [6, 6.07) is 19.0. The monoisotopic (exact) mass is 389 g/mol. The zero-order valence-electron chi connectivity index (χ0n) is 17.8. The van der Waals surface area contributed by atoms with Crippen molar-refractivity contribution in [1.82, 2.24) is 24.8 Å². The maximum absolute atomic E-state index is 4.60. The van der Waals surface area contributed by atoms with Crippen LogP contribution < -0.4 is 0 Å². The van der Waals surface area contributed by atoms with Crippen molar-refractivity contribution in [3.8, 4) is 0 Å².